The van der Waals surface area contributed by atoms with E-state index in [4.69, 9.17) is 27.8 Å². The smallest absolute Gasteiger partial charge is 0.313 e. The molecule has 0 unspecified atom stereocenters. The number of amides is 3. The number of fused-ring (bicyclic) bond motifs is 5. The van der Waals surface area contributed by atoms with Crippen LogP contribution >= 0.6 is 0 Å². The van der Waals surface area contributed by atoms with Gasteiger partial charge in [0, 0.05) is 53.3 Å². The van der Waals surface area contributed by atoms with Crippen molar-refractivity contribution in [1.29, 1.82) is 0 Å². The van der Waals surface area contributed by atoms with E-state index >= 15 is 0 Å². The second-order valence-corrected chi connectivity index (χ2v) is 15.2. The monoisotopic (exact) mass is 840 g/mol. The predicted octanol–water partition coefficient (Wildman–Crippen LogP) is 5.11. The van der Waals surface area contributed by atoms with Gasteiger partial charge < -0.3 is 37.8 Å². The molecule has 17 nitrogen and oxygen atoms in total. The van der Waals surface area contributed by atoms with Gasteiger partial charge in [-0.05, 0) is 56.1 Å². The Morgan fingerprint density at radius 2 is 1.73 bits per heavy atom. The van der Waals surface area contributed by atoms with Crippen LogP contribution in [0, 0.1) is 23.7 Å². The summed E-state index contributed by atoms with van der Waals surface area (Å²) in [5.74, 6) is -4.45. The zero-order chi connectivity index (χ0) is 44.4. The number of aliphatic hydroxyl groups is 1. The van der Waals surface area contributed by atoms with Crippen molar-refractivity contribution in [2.24, 2.45) is 23.7 Å². The number of cyclic esters (lactones) is 1. The number of nitrogens with one attached hydrogen (secondary N) is 1. The minimum Gasteiger partial charge on any atom is -0.462 e. The first kappa shape index (κ1) is 49.3. The zero-order valence-corrected chi connectivity index (χ0v) is 35.7. The molecule has 0 aliphatic carbocycles. The highest BCUT2D eigenvalue weighted by atomic mass is 16.5. The van der Waals surface area contributed by atoms with E-state index in [0.29, 0.717) is 32.1 Å². The van der Waals surface area contributed by atoms with Gasteiger partial charge in [0.2, 0.25) is 12.3 Å². The van der Waals surface area contributed by atoms with Gasteiger partial charge in [0.05, 0.1) is 30.7 Å². The number of carbonyl (C=O) groups is 6. The molecule has 2 aromatic heterocycles. The lowest BCUT2D eigenvalue weighted by molar-refractivity contribution is -0.156. The molecule has 17 heteroatoms. The Balaban J connectivity index is 1.76. The zero-order valence-electron chi connectivity index (χ0n) is 35.7. The third-order valence-electron chi connectivity index (χ3n) is 10.7. The lowest BCUT2D eigenvalue weighted by Gasteiger charge is -2.31. The number of Topliss-reactive ketones (excluding diaryl/α,β-unsaturated/α-hetero) is 1. The molecule has 0 aromatic carbocycles. The van der Waals surface area contributed by atoms with Crippen LogP contribution < -0.4 is 5.32 Å². The minimum atomic E-state index is -1.14. The number of oxazole rings is 2. The summed E-state index contributed by atoms with van der Waals surface area (Å²) in [5.41, 5.74) is 0.361. The van der Waals surface area contributed by atoms with Crippen LogP contribution in [0.25, 0.3) is 11.6 Å². The molecule has 0 spiro atoms. The van der Waals surface area contributed by atoms with Crippen LogP contribution in [0.2, 0.25) is 0 Å². The first-order valence-electron chi connectivity index (χ1n) is 20.1. The molecule has 9 atom stereocenters. The number of allylic oxidation sites excluding steroid dienone is 2. The maximum atomic E-state index is 13.3. The summed E-state index contributed by atoms with van der Waals surface area (Å²) in [6.45, 7) is 7.32. The topological polar surface area (TPSA) is 227 Å². The van der Waals surface area contributed by atoms with Crippen LogP contribution in [0.1, 0.15) is 102 Å². The van der Waals surface area contributed by atoms with Gasteiger partial charge in [0.1, 0.15) is 36.2 Å². The number of methoxy groups -OCH3 is 3. The molecular weight excluding hydrogens is 780 g/mol. The summed E-state index contributed by atoms with van der Waals surface area (Å²) < 4.78 is 33.8. The lowest BCUT2D eigenvalue weighted by atomic mass is 9.86. The van der Waals surface area contributed by atoms with Crippen LogP contribution in [0.3, 0.4) is 0 Å². The number of nitrogens with zero attached hydrogens (tertiary/aromatic N) is 3. The van der Waals surface area contributed by atoms with Crippen LogP contribution in [-0.2, 0) is 42.9 Å². The molecule has 2 aromatic rings. The number of aromatic nitrogens is 2. The number of hydrogen-bond donors (Lipinski definition) is 2. The third kappa shape index (κ3) is 15.2. The van der Waals surface area contributed by atoms with Crippen molar-refractivity contribution in [3.05, 3.63) is 60.7 Å². The molecule has 4 bridgehead atoms. The van der Waals surface area contributed by atoms with E-state index in [0.717, 1.165) is 6.26 Å². The van der Waals surface area contributed by atoms with Gasteiger partial charge in [-0.15, -0.1) is 0 Å². The van der Waals surface area contributed by atoms with Gasteiger partial charge in [0.15, 0.2) is 11.5 Å². The van der Waals surface area contributed by atoms with Crippen molar-refractivity contribution in [1.82, 2.24) is 20.2 Å². The van der Waals surface area contributed by atoms with Crippen molar-refractivity contribution in [3.8, 4) is 11.6 Å². The molecule has 1 aliphatic rings. The summed E-state index contributed by atoms with van der Waals surface area (Å²) in [4.78, 5) is 85.7. The molecule has 0 saturated carbocycles. The molecule has 1 aliphatic heterocycles. The van der Waals surface area contributed by atoms with E-state index in [1.54, 1.807) is 46.5 Å². The summed E-state index contributed by atoms with van der Waals surface area (Å²) in [5, 5.41) is 13.0. The van der Waals surface area contributed by atoms with Gasteiger partial charge in [0.25, 0.3) is 11.8 Å². The predicted molar refractivity (Wildman–Crippen MR) is 217 cm³/mol. The molecular formula is C43H60N4O13. The second kappa shape index (κ2) is 24.9. The van der Waals surface area contributed by atoms with Crippen molar-refractivity contribution in [2.45, 2.75) is 110 Å². The SMILES string of the molecule is CO[C@@H](C[C@H]1OC(=O)C[C@H](O)CC=CC(=O)[C@H](C)[C@@H](OC)c2coc(n2)-c2coc(n2)C(=O)NC(=O)C=CCC[C@H]1C)[C@@H](C)CCC(=O)[C@H](C)[C@@H](CC=CN(C)C=O)OC. The molecule has 0 saturated heterocycles. The normalized spacial score (nSPS) is 23.5. The number of carbonyl (C=O) groups excluding carboxylic acids is 6. The highest BCUT2D eigenvalue weighted by molar-refractivity contribution is 6.06. The quantitative estimate of drug-likeness (QED) is 0.135. The first-order chi connectivity index (χ1) is 28.6. The van der Waals surface area contributed by atoms with Gasteiger partial charge in [-0.3, -0.25) is 34.1 Å². The molecule has 0 fully saturated rings. The van der Waals surface area contributed by atoms with Crippen molar-refractivity contribution >= 4 is 35.8 Å². The molecule has 3 rings (SSSR count). The van der Waals surface area contributed by atoms with Gasteiger partial charge >= 0.3 is 11.9 Å². The Hall–Kier alpha value is -5.10. The van der Waals surface area contributed by atoms with Crippen LogP contribution in [0.4, 0.5) is 0 Å². The minimum absolute atomic E-state index is 0.000200. The van der Waals surface area contributed by atoms with Crippen LogP contribution in [-0.4, -0.2) is 109 Å². The van der Waals surface area contributed by atoms with Crippen LogP contribution in [0.5, 0.6) is 0 Å². The Labute approximate surface area is 350 Å². The lowest BCUT2D eigenvalue weighted by Crippen LogP contribution is -2.34. The molecule has 60 heavy (non-hydrogen) atoms. The largest absolute Gasteiger partial charge is 0.462 e. The second-order valence-electron chi connectivity index (χ2n) is 15.2. The van der Waals surface area contributed by atoms with E-state index in [9.17, 15) is 33.9 Å². The molecule has 3 heterocycles. The van der Waals surface area contributed by atoms with E-state index < -0.39 is 59.9 Å². The maximum absolute atomic E-state index is 13.3. The standard InChI is InChI=1S/C43H60N4O13/c1-26-13-9-10-17-38(52)46-41(54)43-45-32(24-59-43)42-44-31(23-58-42)40(57-8)29(4)33(50)15-11-14-30(49)21-39(53)60-37(26)22-36(56-7)27(2)18-19-34(51)28(3)35(55-6)16-12-20-47(5)25-48/h10-12,15,17,20,23-30,35-37,40,49H,9,13-14,16,18-19,21-22H2,1-8H3,(H,46,52,54)/t26-,27+,28+,29+,30-,35-,36+,37-,40-/m1/s1. The van der Waals surface area contributed by atoms with Gasteiger partial charge in [-0.1, -0.05) is 45.9 Å². The fraction of sp³-hybridized carbons (Fsp3) is 0.581. The molecule has 2 N–H and O–H groups in total. The molecule has 0 radical (unpaired) electrons. The Morgan fingerprint density at radius 3 is 2.42 bits per heavy atom. The third-order valence-corrected chi connectivity index (χ3v) is 10.7. The number of esters is 1. The van der Waals surface area contributed by atoms with Crippen molar-refractivity contribution in [3.63, 3.8) is 0 Å². The number of hydrogen-bond acceptors (Lipinski definition) is 15. The Bertz CT molecular complexity index is 1820. The highest BCUT2D eigenvalue weighted by Gasteiger charge is 2.31. The number of aliphatic hydroxyl groups excluding tert-OH is 1. The van der Waals surface area contributed by atoms with E-state index in [1.165, 1.54) is 36.5 Å². The molecule has 3 amide bonds. The highest BCUT2D eigenvalue weighted by Crippen LogP contribution is 2.30. The first-order valence-corrected chi connectivity index (χ1v) is 20.1. The number of imide groups is 1. The summed E-state index contributed by atoms with van der Waals surface area (Å²) in [7, 11) is 6.13. The maximum Gasteiger partial charge on any atom is 0.313 e. The average molecular weight is 841 g/mol. The van der Waals surface area contributed by atoms with Crippen molar-refractivity contribution in [2.75, 3.05) is 28.4 Å². The van der Waals surface area contributed by atoms with E-state index in [2.05, 4.69) is 15.3 Å². The van der Waals surface area contributed by atoms with E-state index in [-0.39, 0.29) is 72.5 Å². The Morgan fingerprint density at radius 1 is 1.02 bits per heavy atom. The fourth-order valence-electron chi connectivity index (χ4n) is 6.75. The number of ketones is 2. The van der Waals surface area contributed by atoms with Gasteiger partial charge in [-0.25, -0.2) is 4.98 Å². The fourth-order valence-corrected chi connectivity index (χ4v) is 6.75. The van der Waals surface area contributed by atoms with Crippen LogP contribution in [0.15, 0.2) is 57.9 Å². The summed E-state index contributed by atoms with van der Waals surface area (Å²) in [6, 6.07) is 0. The van der Waals surface area contributed by atoms with Gasteiger partial charge in [-0.2, -0.15) is 4.98 Å². The number of rotatable bonds is 15. The van der Waals surface area contributed by atoms with Crippen molar-refractivity contribution < 1.29 is 61.7 Å². The summed E-state index contributed by atoms with van der Waals surface area (Å²) >= 11 is 0. The Kier molecular flexibility index (Phi) is 20.4. The number of ether oxygens (including phenoxy) is 4. The van der Waals surface area contributed by atoms with E-state index in [1.807, 2.05) is 20.8 Å². The summed E-state index contributed by atoms with van der Waals surface area (Å²) in [6.07, 6.45) is 10.7. The average Bonchev–Trinajstić information content (AvgIpc) is 3.92. The molecule has 330 valence electrons.